The van der Waals surface area contributed by atoms with Gasteiger partial charge in [-0.2, -0.15) is 0 Å². The second-order valence-corrected chi connectivity index (χ2v) is 6.77. The van der Waals surface area contributed by atoms with E-state index >= 15 is 0 Å². The smallest absolute Gasteiger partial charge is 0.338 e. The first-order valence-electron chi connectivity index (χ1n) is 6.86. The molecule has 1 aromatic rings. The molecule has 0 bridgehead atoms. The number of hydrogen-bond donors (Lipinski definition) is 2. The monoisotopic (exact) mass is 312 g/mol. The molecule has 116 valence electrons. The van der Waals surface area contributed by atoms with Gasteiger partial charge in [-0.15, -0.1) is 0 Å². The minimum Gasteiger partial charge on any atom is -0.465 e. The van der Waals surface area contributed by atoms with Gasteiger partial charge in [0.05, 0.1) is 17.6 Å². The Morgan fingerprint density at radius 1 is 1.43 bits per heavy atom. The zero-order valence-electron chi connectivity index (χ0n) is 12.2. The van der Waals surface area contributed by atoms with Crippen molar-refractivity contribution in [2.45, 2.75) is 30.7 Å². The number of sulfonamides is 1. The highest BCUT2D eigenvalue weighted by molar-refractivity contribution is 7.89. The predicted octanol–water partition coefficient (Wildman–Crippen LogP) is 0.812. The van der Waals surface area contributed by atoms with E-state index in [1.54, 1.807) is 19.1 Å². The molecule has 1 atom stereocenters. The second-order valence-electron chi connectivity index (χ2n) is 5.08. The van der Waals surface area contributed by atoms with E-state index in [4.69, 9.17) is 0 Å². The van der Waals surface area contributed by atoms with Crippen LogP contribution in [-0.4, -0.2) is 40.6 Å². The first-order chi connectivity index (χ1) is 9.95. The van der Waals surface area contributed by atoms with Gasteiger partial charge in [0.1, 0.15) is 0 Å². The summed E-state index contributed by atoms with van der Waals surface area (Å²) in [6, 6.07) is 4.49. The Bertz CT molecular complexity index is 622. The van der Waals surface area contributed by atoms with E-state index in [-0.39, 0.29) is 16.5 Å². The third-order valence-electron chi connectivity index (χ3n) is 3.60. The largest absolute Gasteiger partial charge is 0.465 e. The van der Waals surface area contributed by atoms with Crippen LogP contribution in [0.1, 0.15) is 28.8 Å². The van der Waals surface area contributed by atoms with Gasteiger partial charge in [0.2, 0.25) is 10.0 Å². The van der Waals surface area contributed by atoms with Gasteiger partial charge in [-0.25, -0.2) is 17.9 Å². The first kappa shape index (κ1) is 15.9. The number of carbonyl (C=O) groups is 1. The number of benzene rings is 1. The molecule has 1 saturated heterocycles. The lowest BCUT2D eigenvalue weighted by Gasteiger charge is -2.24. The Labute approximate surface area is 124 Å². The number of hydrogen-bond acceptors (Lipinski definition) is 5. The highest BCUT2D eigenvalue weighted by atomic mass is 32.2. The molecular formula is C14H20N2O4S. The number of ether oxygens (including phenoxy) is 1. The fourth-order valence-corrected chi connectivity index (χ4v) is 4.01. The van der Waals surface area contributed by atoms with Gasteiger partial charge in [0, 0.05) is 12.6 Å². The van der Waals surface area contributed by atoms with Crippen molar-refractivity contribution in [2.24, 2.45) is 0 Å². The predicted molar refractivity (Wildman–Crippen MR) is 78.7 cm³/mol. The van der Waals surface area contributed by atoms with Crippen molar-refractivity contribution < 1.29 is 17.9 Å². The van der Waals surface area contributed by atoms with Crippen molar-refractivity contribution >= 4 is 16.0 Å². The quantitative estimate of drug-likeness (QED) is 0.804. The van der Waals surface area contributed by atoms with Gasteiger partial charge in [0.25, 0.3) is 0 Å². The summed E-state index contributed by atoms with van der Waals surface area (Å²) in [7, 11) is -2.38. The number of methoxy groups -OCH3 is 1. The molecule has 1 fully saturated rings. The maximum absolute atomic E-state index is 12.5. The minimum absolute atomic E-state index is 0.120. The summed E-state index contributed by atoms with van der Waals surface area (Å²) >= 11 is 0. The molecule has 1 aliphatic heterocycles. The second kappa shape index (κ2) is 6.55. The summed E-state index contributed by atoms with van der Waals surface area (Å²) in [6.07, 6.45) is 1.75. The van der Waals surface area contributed by atoms with E-state index in [9.17, 15) is 13.2 Å². The molecule has 0 saturated carbocycles. The molecular weight excluding hydrogens is 292 g/mol. The van der Waals surface area contributed by atoms with Crippen LogP contribution in [0.5, 0.6) is 0 Å². The van der Waals surface area contributed by atoms with Crippen LogP contribution in [0.15, 0.2) is 23.1 Å². The lowest BCUT2D eigenvalue weighted by atomic mass is 10.1. The molecule has 21 heavy (non-hydrogen) atoms. The molecule has 7 heteroatoms. The third kappa shape index (κ3) is 3.61. The van der Waals surface area contributed by atoms with E-state index in [1.807, 2.05) is 0 Å². The van der Waals surface area contributed by atoms with E-state index < -0.39 is 16.0 Å². The number of piperidine rings is 1. The van der Waals surface area contributed by atoms with Crippen LogP contribution in [0.4, 0.5) is 0 Å². The summed E-state index contributed by atoms with van der Waals surface area (Å²) in [5, 5.41) is 3.16. The Morgan fingerprint density at radius 3 is 2.81 bits per heavy atom. The maximum atomic E-state index is 12.5. The standard InChI is InChI=1S/C14H20N2O4S/c1-10-12(14(17)20-2)6-3-7-13(10)21(18,19)16-11-5-4-8-15-9-11/h3,6-7,11,15-16H,4-5,8-9H2,1-2H3. The molecule has 0 amide bonds. The van der Waals surface area contributed by atoms with Crippen LogP contribution in [-0.2, 0) is 14.8 Å². The Morgan fingerprint density at radius 2 is 2.19 bits per heavy atom. The van der Waals surface area contributed by atoms with Crippen molar-refractivity contribution in [2.75, 3.05) is 20.2 Å². The van der Waals surface area contributed by atoms with Crippen molar-refractivity contribution in [3.8, 4) is 0 Å². The zero-order chi connectivity index (χ0) is 15.5. The summed E-state index contributed by atoms with van der Waals surface area (Å²) < 4.78 is 32.4. The zero-order valence-corrected chi connectivity index (χ0v) is 13.0. The van der Waals surface area contributed by atoms with Gasteiger partial charge < -0.3 is 10.1 Å². The normalized spacial score (nSPS) is 19.2. The van der Waals surface area contributed by atoms with Crippen molar-refractivity contribution in [3.63, 3.8) is 0 Å². The fraction of sp³-hybridized carbons (Fsp3) is 0.500. The van der Waals surface area contributed by atoms with Gasteiger partial charge in [-0.3, -0.25) is 0 Å². The Hall–Kier alpha value is -1.44. The van der Waals surface area contributed by atoms with E-state index in [1.165, 1.54) is 13.2 Å². The molecule has 1 unspecified atom stereocenters. The van der Waals surface area contributed by atoms with Crippen LogP contribution in [0, 0.1) is 6.92 Å². The molecule has 6 nitrogen and oxygen atoms in total. The lowest BCUT2D eigenvalue weighted by molar-refractivity contribution is 0.0599. The van der Waals surface area contributed by atoms with Crippen molar-refractivity contribution in [1.29, 1.82) is 0 Å². The summed E-state index contributed by atoms with van der Waals surface area (Å²) in [6.45, 7) is 3.14. The van der Waals surface area contributed by atoms with Crippen LogP contribution in [0.3, 0.4) is 0 Å². The number of rotatable bonds is 4. The molecule has 0 aliphatic carbocycles. The summed E-state index contributed by atoms with van der Waals surface area (Å²) in [4.78, 5) is 11.8. The molecule has 1 aliphatic rings. The first-order valence-corrected chi connectivity index (χ1v) is 8.35. The highest BCUT2D eigenvalue weighted by Gasteiger charge is 2.25. The Kier molecular flexibility index (Phi) is 4.97. The molecule has 0 radical (unpaired) electrons. The molecule has 0 spiro atoms. The third-order valence-corrected chi connectivity index (χ3v) is 5.26. The SMILES string of the molecule is COC(=O)c1cccc(S(=O)(=O)NC2CCCNC2)c1C. The van der Waals surface area contributed by atoms with Crippen molar-refractivity contribution in [1.82, 2.24) is 10.0 Å². The van der Waals surface area contributed by atoms with Gasteiger partial charge >= 0.3 is 5.97 Å². The van der Waals surface area contributed by atoms with E-state index in [0.717, 1.165) is 19.4 Å². The summed E-state index contributed by atoms with van der Waals surface area (Å²) in [5.74, 6) is -0.538. The molecule has 1 heterocycles. The van der Waals surface area contributed by atoms with E-state index in [0.29, 0.717) is 12.1 Å². The van der Waals surface area contributed by atoms with Crippen LogP contribution < -0.4 is 10.0 Å². The van der Waals surface area contributed by atoms with Gasteiger partial charge in [-0.05, 0) is 44.0 Å². The molecule has 2 rings (SSSR count). The van der Waals surface area contributed by atoms with Crippen LogP contribution >= 0.6 is 0 Å². The van der Waals surface area contributed by atoms with Crippen LogP contribution in [0.2, 0.25) is 0 Å². The van der Waals surface area contributed by atoms with Crippen molar-refractivity contribution in [3.05, 3.63) is 29.3 Å². The Balaban J connectivity index is 2.29. The molecule has 0 aromatic heterocycles. The number of nitrogens with one attached hydrogen (secondary N) is 2. The van der Waals surface area contributed by atoms with Gasteiger partial charge in [-0.1, -0.05) is 6.07 Å². The average Bonchev–Trinajstić information content (AvgIpc) is 2.47. The minimum atomic E-state index is -3.65. The topological polar surface area (TPSA) is 84.5 Å². The average molecular weight is 312 g/mol. The van der Waals surface area contributed by atoms with Gasteiger partial charge in [0.15, 0.2) is 0 Å². The molecule has 2 N–H and O–H groups in total. The van der Waals surface area contributed by atoms with E-state index in [2.05, 4.69) is 14.8 Å². The number of carbonyl (C=O) groups excluding carboxylic acids is 1. The lowest BCUT2D eigenvalue weighted by Crippen LogP contribution is -2.45. The molecule has 1 aromatic carbocycles. The highest BCUT2D eigenvalue weighted by Crippen LogP contribution is 2.20. The van der Waals surface area contributed by atoms with Crippen LogP contribution in [0.25, 0.3) is 0 Å². The fourth-order valence-electron chi connectivity index (χ4n) is 2.47. The number of esters is 1. The summed E-state index contributed by atoms with van der Waals surface area (Å²) in [5.41, 5.74) is 0.669. The maximum Gasteiger partial charge on any atom is 0.338 e.